The Morgan fingerprint density at radius 3 is 2.30 bits per heavy atom. The van der Waals surface area contributed by atoms with Crippen molar-refractivity contribution < 1.29 is 19.1 Å². The van der Waals surface area contributed by atoms with E-state index in [4.69, 9.17) is 21.7 Å². The van der Waals surface area contributed by atoms with Crippen LogP contribution in [0.3, 0.4) is 0 Å². The first-order chi connectivity index (χ1) is 15.9. The summed E-state index contributed by atoms with van der Waals surface area (Å²) in [4.78, 5) is 26.5. The van der Waals surface area contributed by atoms with Crippen LogP contribution in [0.4, 0.5) is 0 Å². The van der Waals surface area contributed by atoms with E-state index in [1.165, 1.54) is 11.8 Å². The molecule has 2 amide bonds. The number of hydrogen-bond donors (Lipinski definition) is 1. The summed E-state index contributed by atoms with van der Waals surface area (Å²) in [6.45, 7) is 7.81. The van der Waals surface area contributed by atoms with Crippen molar-refractivity contribution in [3.63, 3.8) is 0 Å². The lowest BCUT2D eigenvalue weighted by atomic mass is 10.2. The number of amides is 2. The normalized spacial score (nSPS) is 15.8. The molecule has 1 fully saturated rings. The molecule has 2 aromatic carbocycles. The fourth-order valence-electron chi connectivity index (χ4n) is 3.23. The van der Waals surface area contributed by atoms with Crippen LogP contribution >= 0.6 is 24.0 Å². The van der Waals surface area contributed by atoms with Gasteiger partial charge in [0.1, 0.15) is 21.6 Å². The molecule has 1 heterocycles. The zero-order valence-electron chi connectivity index (χ0n) is 19.2. The lowest BCUT2D eigenvalue weighted by Gasteiger charge is -2.17. The molecule has 1 N–H and O–H groups in total. The lowest BCUT2D eigenvalue weighted by molar-refractivity contribution is -0.129. The molecule has 1 atom stereocenters. The Morgan fingerprint density at radius 1 is 1.09 bits per heavy atom. The molecule has 6 nitrogen and oxygen atoms in total. The van der Waals surface area contributed by atoms with Crippen LogP contribution < -0.4 is 14.8 Å². The van der Waals surface area contributed by atoms with Gasteiger partial charge in [-0.1, -0.05) is 56.9 Å². The number of nitrogens with zero attached hydrogens (tertiary/aromatic N) is 1. The average Bonchev–Trinajstić information content (AvgIpc) is 3.05. The minimum atomic E-state index is -0.439. The van der Waals surface area contributed by atoms with Crippen molar-refractivity contribution in [1.29, 1.82) is 0 Å². The highest BCUT2D eigenvalue weighted by Crippen LogP contribution is 2.30. The fraction of sp³-hybridized carbons (Fsp3) is 0.400. The Bertz CT molecular complexity index is 961. The number of rotatable bonds is 11. The van der Waals surface area contributed by atoms with Gasteiger partial charge in [0.2, 0.25) is 11.8 Å². The second kappa shape index (κ2) is 12.0. The second-order valence-electron chi connectivity index (χ2n) is 8.26. The first kappa shape index (κ1) is 25.1. The highest BCUT2D eigenvalue weighted by Gasteiger charge is 2.38. The largest absolute Gasteiger partial charge is 0.494 e. The topological polar surface area (TPSA) is 67.9 Å². The van der Waals surface area contributed by atoms with Gasteiger partial charge in [0, 0.05) is 19.5 Å². The molecule has 2 aromatic rings. The van der Waals surface area contributed by atoms with Crippen molar-refractivity contribution in [2.24, 2.45) is 5.92 Å². The van der Waals surface area contributed by atoms with Gasteiger partial charge in [-0.05, 0) is 54.3 Å². The van der Waals surface area contributed by atoms with Crippen LogP contribution in [0.25, 0.3) is 0 Å². The Labute approximate surface area is 205 Å². The van der Waals surface area contributed by atoms with Gasteiger partial charge >= 0.3 is 0 Å². The molecule has 0 aromatic heterocycles. The van der Waals surface area contributed by atoms with Crippen molar-refractivity contribution in [2.45, 2.75) is 45.4 Å². The van der Waals surface area contributed by atoms with Crippen molar-refractivity contribution in [2.75, 3.05) is 13.2 Å². The molecule has 3 rings (SSSR count). The third kappa shape index (κ3) is 7.47. The van der Waals surface area contributed by atoms with Crippen LogP contribution in [0, 0.1) is 5.92 Å². The molecule has 0 saturated carbocycles. The molecular formula is C25H30N2O4S2. The second-order valence-corrected chi connectivity index (χ2v) is 10.1. The Kier molecular flexibility index (Phi) is 9.14. The van der Waals surface area contributed by atoms with Gasteiger partial charge in [-0.15, -0.1) is 0 Å². The summed E-state index contributed by atoms with van der Waals surface area (Å²) in [6, 6.07) is 15.1. The maximum absolute atomic E-state index is 12.5. The maximum Gasteiger partial charge on any atom is 0.242 e. The van der Waals surface area contributed by atoms with Gasteiger partial charge in [-0.3, -0.25) is 14.5 Å². The molecule has 0 bridgehead atoms. The van der Waals surface area contributed by atoms with E-state index in [0.717, 1.165) is 23.5 Å². The number of nitrogens with one attached hydrogen (secondary N) is 1. The van der Waals surface area contributed by atoms with Gasteiger partial charge in [-0.25, -0.2) is 0 Å². The van der Waals surface area contributed by atoms with E-state index in [-0.39, 0.29) is 18.2 Å². The SMILES string of the molecule is CCCOc1ccc(Oc2ccc(CNC(=O)CC3SC(=S)N(CC(C)C)C3=O)cc2)cc1. The lowest BCUT2D eigenvalue weighted by Crippen LogP contribution is -2.36. The number of benzene rings is 2. The van der Waals surface area contributed by atoms with Crippen LogP contribution in [0.2, 0.25) is 0 Å². The van der Waals surface area contributed by atoms with E-state index >= 15 is 0 Å². The van der Waals surface area contributed by atoms with E-state index in [1.807, 2.05) is 62.4 Å². The highest BCUT2D eigenvalue weighted by atomic mass is 32.2. The standard InChI is InChI=1S/C25H30N2O4S2/c1-4-13-30-19-9-11-21(12-10-19)31-20-7-5-18(6-8-20)15-26-23(28)14-22-24(29)27(16-17(2)3)25(32)33-22/h5-12,17,22H,4,13-16H2,1-3H3,(H,26,28). The molecule has 8 heteroatoms. The van der Waals surface area contributed by atoms with E-state index in [2.05, 4.69) is 12.2 Å². The van der Waals surface area contributed by atoms with Crippen LogP contribution in [0.15, 0.2) is 48.5 Å². The molecule has 1 aliphatic rings. The molecule has 33 heavy (non-hydrogen) atoms. The molecule has 176 valence electrons. The molecule has 0 spiro atoms. The average molecular weight is 487 g/mol. The molecule has 0 aliphatic carbocycles. The Hall–Kier alpha value is -2.58. The van der Waals surface area contributed by atoms with Crippen molar-refractivity contribution >= 4 is 40.1 Å². The minimum Gasteiger partial charge on any atom is -0.494 e. The van der Waals surface area contributed by atoms with E-state index in [1.54, 1.807) is 4.90 Å². The Morgan fingerprint density at radius 2 is 1.70 bits per heavy atom. The molecule has 1 saturated heterocycles. The third-order valence-electron chi connectivity index (χ3n) is 4.87. The summed E-state index contributed by atoms with van der Waals surface area (Å²) >= 11 is 6.61. The Balaban J connectivity index is 1.45. The summed E-state index contributed by atoms with van der Waals surface area (Å²) in [5, 5.41) is 2.45. The first-order valence-corrected chi connectivity index (χ1v) is 12.4. The molecule has 1 aliphatic heterocycles. The van der Waals surface area contributed by atoms with E-state index < -0.39 is 5.25 Å². The van der Waals surface area contributed by atoms with Gasteiger partial charge in [0.25, 0.3) is 0 Å². The van der Waals surface area contributed by atoms with Crippen molar-refractivity contribution in [1.82, 2.24) is 10.2 Å². The van der Waals surface area contributed by atoms with Crippen LogP contribution in [-0.2, 0) is 16.1 Å². The predicted octanol–water partition coefficient (Wildman–Crippen LogP) is 5.16. The van der Waals surface area contributed by atoms with Crippen LogP contribution in [0.5, 0.6) is 17.2 Å². The van der Waals surface area contributed by atoms with E-state index in [9.17, 15) is 9.59 Å². The van der Waals surface area contributed by atoms with Crippen LogP contribution in [-0.4, -0.2) is 39.4 Å². The van der Waals surface area contributed by atoms with Crippen molar-refractivity contribution in [3.8, 4) is 17.2 Å². The summed E-state index contributed by atoms with van der Waals surface area (Å²) < 4.78 is 12.0. The number of hydrogen-bond acceptors (Lipinski definition) is 6. The zero-order chi connectivity index (χ0) is 23.8. The monoisotopic (exact) mass is 486 g/mol. The quantitative estimate of drug-likeness (QED) is 0.443. The smallest absolute Gasteiger partial charge is 0.242 e. The maximum atomic E-state index is 12.5. The predicted molar refractivity (Wildman–Crippen MR) is 136 cm³/mol. The third-order valence-corrected chi connectivity index (χ3v) is 6.45. The summed E-state index contributed by atoms with van der Waals surface area (Å²) in [7, 11) is 0. The summed E-state index contributed by atoms with van der Waals surface area (Å²) in [6.07, 6.45) is 1.09. The highest BCUT2D eigenvalue weighted by molar-refractivity contribution is 8.24. The van der Waals surface area contributed by atoms with Crippen LogP contribution in [0.1, 0.15) is 39.2 Å². The van der Waals surface area contributed by atoms with E-state index in [0.29, 0.717) is 35.7 Å². The molecule has 1 unspecified atom stereocenters. The van der Waals surface area contributed by atoms with Gasteiger partial charge < -0.3 is 14.8 Å². The van der Waals surface area contributed by atoms with Gasteiger partial charge in [0.05, 0.1) is 11.9 Å². The molecule has 0 radical (unpaired) electrons. The first-order valence-electron chi connectivity index (χ1n) is 11.1. The summed E-state index contributed by atoms with van der Waals surface area (Å²) in [5.41, 5.74) is 0.946. The fourth-order valence-corrected chi connectivity index (χ4v) is 4.75. The number of thioether (sulfide) groups is 1. The number of thiocarbonyl (C=S) groups is 1. The number of carbonyl (C=O) groups excluding carboxylic acids is 2. The minimum absolute atomic E-state index is 0.0692. The number of carbonyl (C=O) groups is 2. The number of ether oxygens (including phenoxy) is 2. The zero-order valence-corrected chi connectivity index (χ0v) is 20.8. The van der Waals surface area contributed by atoms with Gasteiger partial charge in [-0.2, -0.15) is 0 Å². The summed E-state index contributed by atoms with van der Waals surface area (Å²) in [5.74, 6) is 2.34. The van der Waals surface area contributed by atoms with Gasteiger partial charge in [0.15, 0.2) is 0 Å². The van der Waals surface area contributed by atoms with Crippen molar-refractivity contribution in [3.05, 3.63) is 54.1 Å². The molecular weight excluding hydrogens is 456 g/mol.